The van der Waals surface area contributed by atoms with Crippen molar-refractivity contribution in [1.29, 1.82) is 0 Å². The number of rotatable bonds is 40. The van der Waals surface area contributed by atoms with E-state index < -0.39 is 0 Å². The molecule has 6 heteroatoms. The number of aliphatic hydroxyl groups is 1. The smallest absolute Gasteiger partial charge is 0.306 e. The van der Waals surface area contributed by atoms with Crippen LogP contribution < -0.4 is 0 Å². The number of ether oxygens (including phenoxy) is 2. The highest BCUT2D eigenvalue weighted by Gasteiger charge is 2.43. The minimum Gasteiger partial charge on any atom is -0.466 e. The fourth-order valence-electron chi connectivity index (χ4n) is 7.64. The van der Waals surface area contributed by atoms with Gasteiger partial charge in [0, 0.05) is 19.6 Å². The topological polar surface area (TPSA) is 76.1 Å². The molecule has 0 bridgehead atoms. The Labute approximate surface area is 317 Å². The number of carbonyl (C=O) groups is 2. The molecule has 0 aromatic rings. The van der Waals surface area contributed by atoms with E-state index in [2.05, 4.69) is 25.7 Å². The van der Waals surface area contributed by atoms with Gasteiger partial charge in [0.05, 0.1) is 19.6 Å². The highest BCUT2D eigenvalue weighted by atomic mass is 16.5. The number of unbranched alkanes of at least 4 members (excludes halogenated alkanes) is 18. The average molecular weight is 722 g/mol. The minimum absolute atomic E-state index is 0.0201. The molecule has 1 aliphatic carbocycles. The van der Waals surface area contributed by atoms with Crippen molar-refractivity contribution >= 4 is 11.9 Å². The van der Waals surface area contributed by atoms with Gasteiger partial charge in [0.2, 0.25) is 0 Å². The van der Waals surface area contributed by atoms with E-state index in [-0.39, 0.29) is 24.0 Å². The maximum absolute atomic E-state index is 12.8. The van der Waals surface area contributed by atoms with Gasteiger partial charge in [0.1, 0.15) is 0 Å². The van der Waals surface area contributed by atoms with Gasteiger partial charge in [-0.25, -0.2) is 0 Å². The van der Waals surface area contributed by atoms with E-state index in [9.17, 15) is 14.7 Å². The van der Waals surface area contributed by atoms with E-state index in [0.29, 0.717) is 32.0 Å². The Morgan fingerprint density at radius 2 is 1.04 bits per heavy atom. The van der Waals surface area contributed by atoms with E-state index in [4.69, 9.17) is 9.47 Å². The van der Waals surface area contributed by atoms with Gasteiger partial charge in [-0.2, -0.15) is 0 Å². The van der Waals surface area contributed by atoms with Crippen LogP contribution in [0.4, 0.5) is 0 Å². The molecule has 0 aliphatic heterocycles. The molecule has 0 spiro atoms. The molecule has 51 heavy (non-hydrogen) atoms. The zero-order chi connectivity index (χ0) is 37.1. The highest BCUT2D eigenvalue weighted by Crippen LogP contribution is 2.53. The molecule has 0 aromatic heterocycles. The van der Waals surface area contributed by atoms with Gasteiger partial charge >= 0.3 is 11.9 Å². The van der Waals surface area contributed by atoms with Gasteiger partial charge in [-0.05, 0) is 82.2 Å². The summed E-state index contributed by atoms with van der Waals surface area (Å²) >= 11 is 0. The quantitative estimate of drug-likeness (QED) is 0.0501. The van der Waals surface area contributed by atoms with Crippen LogP contribution in [0.15, 0.2) is 0 Å². The van der Waals surface area contributed by atoms with Crippen LogP contribution in [0, 0.1) is 11.3 Å². The van der Waals surface area contributed by atoms with Crippen molar-refractivity contribution in [2.45, 2.75) is 226 Å². The van der Waals surface area contributed by atoms with Gasteiger partial charge in [-0.1, -0.05) is 156 Å². The monoisotopic (exact) mass is 722 g/mol. The molecule has 302 valence electrons. The largest absolute Gasteiger partial charge is 0.466 e. The lowest BCUT2D eigenvalue weighted by molar-refractivity contribution is -0.146. The van der Waals surface area contributed by atoms with Gasteiger partial charge in [0.25, 0.3) is 0 Å². The normalized spacial score (nSPS) is 13.7. The molecule has 0 heterocycles. The minimum atomic E-state index is -0.0201. The van der Waals surface area contributed by atoms with Crippen molar-refractivity contribution in [3.63, 3.8) is 0 Å². The summed E-state index contributed by atoms with van der Waals surface area (Å²) in [5.74, 6) is 0.733. The van der Waals surface area contributed by atoms with Crippen LogP contribution in [0.2, 0.25) is 0 Å². The van der Waals surface area contributed by atoms with Gasteiger partial charge < -0.3 is 19.5 Å². The molecule has 1 aliphatic rings. The van der Waals surface area contributed by atoms with Crippen LogP contribution in [0.1, 0.15) is 226 Å². The Bertz CT molecular complexity index is 773. The summed E-state index contributed by atoms with van der Waals surface area (Å²) in [6.07, 6.45) is 37.6. The number of carbonyl (C=O) groups excluding carboxylic acids is 2. The fraction of sp³-hybridized carbons (Fsp3) is 0.956. The van der Waals surface area contributed by atoms with E-state index in [0.717, 1.165) is 64.6 Å². The third-order valence-electron chi connectivity index (χ3n) is 11.4. The van der Waals surface area contributed by atoms with E-state index in [1.165, 1.54) is 148 Å². The van der Waals surface area contributed by atoms with Crippen molar-refractivity contribution in [1.82, 2.24) is 4.90 Å². The SMILES string of the molecule is CCCCCCCCCC(=O)OCCCCCCCN(CCCO)CCCCCC1(CC(=O)OCCC(CCCCCC)CCCCCC)CC1. The van der Waals surface area contributed by atoms with E-state index in [1.54, 1.807) is 0 Å². The molecule has 0 aromatic carbocycles. The second-order valence-corrected chi connectivity index (χ2v) is 16.3. The lowest BCUT2D eigenvalue weighted by Crippen LogP contribution is -2.28. The summed E-state index contributed by atoms with van der Waals surface area (Å²) in [5.41, 5.74) is 0.221. The van der Waals surface area contributed by atoms with E-state index in [1.807, 2.05) is 0 Å². The van der Waals surface area contributed by atoms with Crippen LogP contribution in [0.5, 0.6) is 0 Å². The van der Waals surface area contributed by atoms with Crippen LogP contribution in [-0.2, 0) is 19.1 Å². The summed E-state index contributed by atoms with van der Waals surface area (Å²) in [6, 6.07) is 0. The van der Waals surface area contributed by atoms with Crippen LogP contribution in [-0.4, -0.2) is 61.4 Å². The van der Waals surface area contributed by atoms with Gasteiger partial charge in [-0.3, -0.25) is 9.59 Å². The Kier molecular flexibility index (Phi) is 32.5. The molecule has 1 fully saturated rings. The third-order valence-corrected chi connectivity index (χ3v) is 11.4. The van der Waals surface area contributed by atoms with Crippen molar-refractivity contribution in [2.75, 3.05) is 39.5 Å². The molecule has 0 unspecified atom stereocenters. The van der Waals surface area contributed by atoms with Crippen LogP contribution >= 0.6 is 0 Å². The van der Waals surface area contributed by atoms with Crippen LogP contribution in [0.25, 0.3) is 0 Å². The Balaban J connectivity index is 2.14. The number of hydrogen-bond donors (Lipinski definition) is 1. The van der Waals surface area contributed by atoms with Crippen molar-refractivity contribution in [3.8, 4) is 0 Å². The first-order valence-electron chi connectivity index (χ1n) is 22.6. The zero-order valence-corrected chi connectivity index (χ0v) is 34.5. The molecule has 0 atom stereocenters. The number of esters is 2. The average Bonchev–Trinajstić information content (AvgIpc) is 3.89. The Hall–Kier alpha value is -1.14. The Morgan fingerprint density at radius 3 is 1.63 bits per heavy atom. The molecule has 0 radical (unpaired) electrons. The molecule has 1 rings (SSSR count). The van der Waals surface area contributed by atoms with E-state index >= 15 is 0 Å². The first-order chi connectivity index (χ1) is 25.0. The molecule has 1 saturated carbocycles. The standard InChI is InChI=1S/C45H87NO5/c1-4-7-10-13-14-16-22-30-43(48)50-39-26-18-15-17-24-35-46(37-27-38-47)36-25-19-23-32-45(33-34-45)41-44(49)51-40-31-42(28-20-11-8-5-2)29-21-12-9-6-3/h42,47H,4-41H2,1-3H3. The second kappa shape index (κ2) is 34.6. The Morgan fingerprint density at radius 1 is 0.549 bits per heavy atom. The first-order valence-corrected chi connectivity index (χ1v) is 22.6. The molecular formula is C45H87NO5. The molecule has 0 saturated heterocycles. The fourth-order valence-corrected chi connectivity index (χ4v) is 7.64. The number of hydrogen-bond acceptors (Lipinski definition) is 6. The number of nitrogens with zero attached hydrogens (tertiary/aromatic N) is 1. The summed E-state index contributed by atoms with van der Waals surface area (Å²) in [6.45, 7) is 11.4. The highest BCUT2D eigenvalue weighted by molar-refractivity contribution is 5.70. The maximum Gasteiger partial charge on any atom is 0.306 e. The molecule has 0 amide bonds. The second-order valence-electron chi connectivity index (χ2n) is 16.3. The molecular weight excluding hydrogens is 634 g/mol. The van der Waals surface area contributed by atoms with Crippen molar-refractivity contribution < 1.29 is 24.2 Å². The molecule has 1 N–H and O–H groups in total. The summed E-state index contributed by atoms with van der Waals surface area (Å²) in [4.78, 5) is 27.3. The van der Waals surface area contributed by atoms with Crippen molar-refractivity contribution in [2.24, 2.45) is 11.3 Å². The summed E-state index contributed by atoms with van der Waals surface area (Å²) < 4.78 is 11.3. The van der Waals surface area contributed by atoms with Crippen molar-refractivity contribution in [3.05, 3.63) is 0 Å². The zero-order valence-electron chi connectivity index (χ0n) is 34.5. The number of aliphatic hydroxyl groups excluding tert-OH is 1. The summed E-state index contributed by atoms with van der Waals surface area (Å²) in [5, 5.41) is 9.41. The molecule has 6 nitrogen and oxygen atoms in total. The predicted molar refractivity (Wildman–Crippen MR) is 216 cm³/mol. The summed E-state index contributed by atoms with van der Waals surface area (Å²) in [7, 11) is 0. The van der Waals surface area contributed by atoms with Gasteiger partial charge in [0.15, 0.2) is 0 Å². The van der Waals surface area contributed by atoms with Gasteiger partial charge in [-0.15, -0.1) is 0 Å². The lowest BCUT2D eigenvalue weighted by atomic mass is 9.92. The lowest BCUT2D eigenvalue weighted by Gasteiger charge is -2.22. The first kappa shape index (κ1) is 47.9. The van der Waals surface area contributed by atoms with Crippen LogP contribution in [0.3, 0.4) is 0 Å². The third kappa shape index (κ3) is 29.9. The maximum atomic E-state index is 12.8. The predicted octanol–water partition coefficient (Wildman–Crippen LogP) is 12.5.